The number of nitrogens with zero attached hydrogens (tertiary/aromatic N) is 3. The van der Waals surface area contributed by atoms with E-state index < -0.39 is 0 Å². The Balaban J connectivity index is 2.04. The van der Waals surface area contributed by atoms with Gasteiger partial charge in [0.25, 0.3) is 0 Å². The van der Waals surface area contributed by atoms with Crippen LogP contribution in [0.3, 0.4) is 0 Å². The van der Waals surface area contributed by atoms with Crippen molar-refractivity contribution in [3.05, 3.63) is 47.7 Å². The van der Waals surface area contributed by atoms with Gasteiger partial charge in [-0.1, -0.05) is 11.6 Å². The van der Waals surface area contributed by atoms with Gasteiger partial charge in [-0.3, -0.25) is 9.97 Å². The zero-order valence-electron chi connectivity index (χ0n) is 11.2. The minimum Gasteiger partial charge on any atom is -0.496 e. The van der Waals surface area contributed by atoms with Crippen LogP contribution in [0.4, 0.5) is 0 Å². The standard InChI is InChI=1S/C15H13N3OS/c1-10-3-4-14(19-2)11(7-10)13-9-20-15(18-13)12-8-16-5-6-17-12/h3-9H,1-2H3. The molecule has 0 saturated carbocycles. The third-order valence-corrected chi connectivity index (χ3v) is 3.78. The van der Waals surface area contributed by atoms with Crippen molar-refractivity contribution >= 4 is 11.3 Å². The first-order chi connectivity index (χ1) is 9.78. The fraction of sp³-hybridized carbons (Fsp3) is 0.133. The monoisotopic (exact) mass is 283 g/mol. The molecule has 0 unspecified atom stereocenters. The molecule has 0 fully saturated rings. The third-order valence-electron chi connectivity index (χ3n) is 2.92. The van der Waals surface area contributed by atoms with E-state index in [9.17, 15) is 0 Å². The van der Waals surface area contributed by atoms with Crippen LogP contribution in [-0.4, -0.2) is 22.1 Å². The molecule has 0 aliphatic rings. The first-order valence-electron chi connectivity index (χ1n) is 6.15. The van der Waals surface area contributed by atoms with Gasteiger partial charge in [-0.05, 0) is 19.1 Å². The SMILES string of the molecule is COc1ccc(C)cc1-c1csc(-c2cnccn2)n1. The molecule has 5 heteroatoms. The molecule has 2 aromatic heterocycles. The molecule has 0 aliphatic heterocycles. The van der Waals surface area contributed by atoms with Gasteiger partial charge in [0.2, 0.25) is 0 Å². The van der Waals surface area contributed by atoms with E-state index >= 15 is 0 Å². The zero-order chi connectivity index (χ0) is 13.9. The number of benzene rings is 1. The maximum Gasteiger partial charge on any atom is 0.144 e. The summed E-state index contributed by atoms with van der Waals surface area (Å²) in [6.07, 6.45) is 5.04. The van der Waals surface area contributed by atoms with E-state index in [-0.39, 0.29) is 0 Å². The lowest BCUT2D eigenvalue weighted by Gasteiger charge is -2.06. The van der Waals surface area contributed by atoms with E-state index in [2.05, 4.69) is 27.9 Å². The van der Waals surface area contributed by atoms with Crippen LogP contribution < -0.4 is 4.74 Å². The second kappa shape index (κ2) is 5.38. The van der Waals surface area contributed by atoms with Crippen molar-refractivity contribution < 1.29 is 4.74 Å². The van der Waals surface area contributed by atoms with E-state index in [4.69, 9.17) is 4.74 Å². The summed E-state index contributed by atoms with van der Waals surface area (Å²) in [6, 6.07) is 6.07. The van der Waals surface area contributed by atoms with Gasteiger partial charge >= 0.3 is 0 Å². The number of methoxy groups -OCH3 is 1. The van der Waals surface area contributed by atoms with E-state index in [0.29, 0.717) is 0 Å². The average molecular weight is 283 g/mol. The fourth-order valence-corrected chi connectivity index (χ4v) is 2.73. The highest BCUT2D eigenvalue weighted by molar-refractivity contribution is 7.13. The first-order valence-corrected chi connectivity index (χ1v) is 7.03. The van der Waals surface area contributed by atoms with Crippen LogP contribution in [0.5, 0.6) is 5.75 Å². The molecule has 3 rings (SSSR count). The normalized spacial score (nSPS) is 10.5. The lowest BCUT2D eigenvalue weighted by molar-refractivity contribution is 0.416. The Bertz CT molecular complexity index is 725. The molecular weight excluding hydrogens is 270 g/mol. The lowest BCUT2D eigenvalue weighted by Crippen LogP contribution is -1.89. The Kier molecular flexibility index (Phi) is 3.43. The summed E-state index contributed by atoms with van der Waals surface area (Å²) >= 11 is 1.55. The Morgan fingerprint density at radius 2 is 2.05 bits per heavy atom. The molecule has 3 aromatic rings. The molecule has 20 heavy (non-hydrogen) atoms. The molecule has 0 bridgehead atoms. The van der Waals surface area contributed by atoms with E-state index in [0.717, 1.165) is 27.7 Å². The quantitative estimate of drug-likeness (QED) is 0.737. The number of hydrogen-bond donors (Lipinski definition) is 0. The number of hydrogen-bond acceptors (Lipinski definition) is 5. The first kappa shape index (κ1) is 12.7. The van der Waals surface area contributed by atoms with E-state index in [1.165, 1.54) is 5.56 Å². The van der Waals surface area contributed by atoms with Crippen LogP contribution in [0.2, 0.25) is 0 Å². The second-order valence-corrected chi connectivity index (χ2v) is 5.19. The molecule has 0 radical (unpaired) electrons. The molecule has 1 aromatic carbocycles. The predicted molar refractivity (Wildman–Crippen MR) is 79.9 cm³/mol. The number of rotatable bonds is 3. The molecule has 0 aliphatic carbocycles. The Morgan fingerprint density at radius 3 is 2.80 bits per heavy atom. The summed E-state index contributed by atoms with van der Waals surface area (Å²) in [5.41, 5.74) is 3.86. The van der Waals surface area contributed by atoms with Gasteiger partial charge in [0.15, 0.2) is 0 Å². The van der Waals surface area contributed by atoms with Crippen LogP contribution in [0.1, 0.15) is 5.56 Å². The van der Waals surface area contributed by atoms with Crippen LogP contribution in [0, 0.1) is 6.92 Å². The predicted octanol–water partition coefficient (Wildman–Crippen LogP) is 3.58. The van der Waals surface area contributed by atoms with Gasteiger partial charge < -0.3 is 4.74 Å². The van der Waals surface area contributed by atoms with E-state index in [1.54, 1.807) is 37.0 Å². The molecule has 2 heterocycles. The Labute approximate surface area is 121 Å². The smallest absolute Gasteiger partial charge is 0.144 e. The second-order valence-electron chi connectivity index (χ2n) is 4.33. The van der Waals surface area contributed by atoms with Crippen molar-refractivity contribution in [3.8, 4) is 27.7 Å². The number of thiazole rings is 1. The van der Waals surface area contributed by atoms with Crippen molar-refractivity contribution in [1.82, 2.24) is 15.0 Å². The zero-order valence-corrected chi connectivity index (χ0v) is 12.0. The van der Waals surface area contributed by atoms with Gasteiger partial charge in [-0.25, -0.2) is 4.98 Å². The minimum absolute atomic E-state index is 0.787. The van der Waals surface area contributed by atoms with Gasteiger partial charge in [0.05, 0.1) is 19.0 Å². The molecule has 0 saturated heterocycles. The van der Waals surface area contributed by atoms with Crippen LogP contribution in [-0.2, 0) is 0 Å². The highest BCUT2D eigenvalue weighted by Gasteiger charge is 2.11. The third kappa shape index (κ3) is 2.40. The maximum atomic E-state index is 5.41. The summed E-state index contributed by atoms with van der Waals surface area (Å²) in [4.78, 5) is 13.0. The Morgan fingerprint density at radius 1 is 1.15 bits per heavy atom. The van der Waals surface area contributed by atoms with Crippen LogP contribution >= 0.6 is 11.3 Å². The van der Waals surface area contributed by atoms with Crippen molar-refractivity contribution in [2.24, 2.45) is 0 Å². The lowest BCUT2D eigenvalue weighted by atomic mass is 10.1. The molecule has 0 amide bonds. The number of aromatic nitrogens is 3. The van der Waals surface area contributed by atoms with Crippen molar-refractivity contribution in [2.75, 3.05) is 7.11 Å². The molecule has 0 N–H and O–H groups in total. The van der Waals surface area contributed by atoms with Gasteiger partial charge in [-0.15, -0.1) is 11.3 Å². The fourth-order valence-electron chi connectivity index (χ4n) is 1.95. The van der Waals surface area contributed by atoms with E-state index in [1.807, 2.05) is 17.5 Å². The summed E-state index contributed by atoms with van der Waals surface area (Å²) < 4.78 is 5.41. The molecule has 0 spiro atoms. The maximum absolute atomic E-state index is 5.41. The van der Waals surface area contributed by atoms with Gasteiger partial charge in [0, 0.05) is 23.3 Å². The van der Waals surface area contributed by atoms with Gasteiger partial charge in [0.1, 0.15) is 16.5 Å². The minimum atomic E-state index is 0.787. The molecule has 0 atom stereocenters. The number of aryl methyl sites for hydroxylation is 1. The molecular formula is C15H13N3OS. The molecule has 4 nitrogen and oxygen atoms in total. The van der Waals surface area contributed by atoms with Crippen LogP contribution in [0.25, 0.3) is 22.0 Å². The van der Waals surface area contributed by atoms with Crippen molar-refractivity contribution in [2.45, 2.75) is 6.92 Å². The van der Waals surface area contributed by atoms with Crippen LogP contribution in [0.15, 0.2) is 42.2 Å². The largest absolute Gasteiger partial charge is 0.496 e. The van der Waals surface area contributed by atoms with Crippen molar-refractivity contribution in [1.29, 1.82) is 0 Å². The highest BCUT2D eigenvalue weighted by Crippen LogP contribution is 2.33. The Hall–Kier alpha value is -2.27. The highest BCUT2D eigenvalue weighted by atomic mass is 32.1. The molecule has 100 valence electrons. The summed E-state index contributed by atoms with van der Waals surface area (Å²) in [7, 11) is 1.67. The topological polar surface area (TPSA) is 47.9 Å². The van der Waals surface area contributed by atoms with Gasteiger partial charge in [-0.2, -0.15) is 0 Å². The average Bonchev–Trinajstić information content (AvgIpc) is 2.98. The summed E-state index contributed by atoms with van der Waals surface area (Å²) in [5.74, 6) is 0.826. The summed E-state index contributed by atoms with van der Waals surface area (Å²) in [5, 5.41) is 2.87. The number of ether oxygens (including phenoxy) is 1. The summed E-state index contributed by atoms with van der Waals surface area (Å²) in [6.45, 7) is 2.05. The van der Waals surface area contributed by atoms with Crippen molar-refractivity contribution in [3.63, 3.8) is 0 Å².